The molecule has 4 atom stereocenters. The van der Waals surface area contributed by atoms with Crippen LogP contribution in [0.4, 0.5) is 0 Å². The van der Waals surface area contributed by atoms with Crippen molar-refractivity contribution in [1.82, 2.24) is 4.72 Å². The van der Waals surface area contributed by atoms with E-state index < -0.39 is 11.4 Å². The van der Waals surface area contributed by atoms with Gasteiger partial charge in [-0.05, 0) is 38.7 Å². The van der Waals surface area contributed by atoms with E-state index in [1.165, 1.54) is 0 Å². The Balaban J connectivity index is 2.15. The van der Waals surface area contributed by atoms with Gasteiger partial charge in [0.15, 0.2) is 0 Å². The molecule has 1 aliphatic carbocycles. The third kappa shape index (κ3) is 3.50. The van der Waals surface area contributed by atoms with Crippen molar-refractivity contribution < 1.29 is 4.55 Å². The lowest BCUT2D eigenvalue weighted by Gasteiger charge is -2.28. The molecule has 1 unspecified atom stereocenters. The molecule has 1 aromatic rings. The van der Waals surface area contributed by atoms with E-state index >= 15 is 0 Å². The molecule has 0 amide bonds. The van der Waals surface area contributed by atoms with Gasteiger partial charge in [-0.3, -0.25) is 0 Å². The van der Waals surface area contributed by atoms with E-state index in [1.54, 1.807) is 0 Å². The van der Waals surface area contributed by atoms with Crippen molar-refractivity contribution in [3.05, 3.63) is 35.9 Å². The van der Waals surface area contributed by atoms with E-state index in [0.717, 1.165) is 12.0 Å². The molecule has 0 radical (unpaired) electrons. The molecule has 4 heteroatoms. The number of nitriles is 1. The number of nitrogens with one attached hydrogen (secondary N) is 1. The lowest BCUT2D eigenvalue weighted by Crippen LogP contribution is -2.42. The van der Waals surface area contributed by atoms with Crippen LogP contribution in [0.5, 0.6) is 0 Å². The number of rotatable bonds is 4. The number of benzene rings is 1. The molecule has 0 heterocycles. The molecule has 1 N–H and O–H groups in total. The minimum absolute atomic E-state index is 0.00547. The van der Waals surface area contributed by atoms with E-state index in [9.17, 15) is 4.55 Å². The van der Waals surface area contributed by atoms with E-state index in [4.69, 9.17) is 5.26 Å². The van der Waals surface area contributed by atoms with Crippen molar-refractivity contribution in [2.45, 2.75) is 38.0 Å². The largest absolute Gasteiger partial charge is 0.598 e. The zero-order valence-corrected chi connectivity index (χ0v) is 12.4. The zero-order chi connectivity index (χ0) is 14.0. The molecule has 1 aliphatic rings. The average Bonchev–Trinajstić information content (AvgIpc) is 3.14. The Labute approximate surface area is 118 Å². The second-order valence-electron chi connectivity index (χ2n) is 6.02. The van der Waals surface area contributed by atoms with Crippen LogP contribution in [0.15, 0.2) is 30.3 Å². The van der Waals surface area contributed by atoms with Crippen molar-refractivity contribution in [1.29, 1.82) is 5.26 Å². The van der Waals surface area contributed by atoms with Crippen molar-refractivity contribution in [2.24, 2.45) is 11.8 Å². The molecule has 19 heavy (non-hydrogen) atoms. The Morgan fingerprint density at radius 3 is 2.47 bits per heavy atom. The molecule has 0 aromatic heterocycles. The predicted octanol–water partition coefficient (Wildman–Crippen LogP) is 2.94. The van der Waals surface area contributed by atoms with Crippen LogP contribution < -0.4 is 4.72 Å². The van der Waals surface area contributed by atoms with Crippen LogP contribution in [0.1, 0.15) is 38.8 Å². The van der Waals surface area contributed by atoms with Gasteiger partial charge in [0.1, 0.15) is 4.75 Å². The number of nitrogens with zero attached hydrogens (tertiary/aromatic N) is 1. The predicted molar refractivity (Wildman–Crippen MR) is 77.4 cm³/mol. The van der Waals surface area contributed by atoms with Gasteiger partial charge in [0.2, 0.25) is 0 Å². The second-order valence-corrected chi connectivity index (χ2v) is 8.02. The Morgan fingerprint density at radius 1 is 1.37 bits per heavy atom. The molecule has 0 bridgehead atoms. The monoisotopic (exact) mass is 276 g/mol. The van der Waals surface area contributed by atoms with E-state index in [0.29, 0.717) is 0 Å². The minimum atomic E-state index is -1.12. The van der Waals surface area contributed by atoms with Gasteiger partial charge < -0.3 is 4.55 Å². The molecular weight excluding hydrogens is 256 g/mol. The SMILES string of the molecule is CC(C)(C)[S+]([O-])N[C@H](c1ccccc1)[C@@H]1C[C@H]1C#N. The quantitative estimate of drug-likeness (QED) is 0.860. The third-order valence-corrected chi connectivity index (χ3v) is 4.96. The highest BCUT2D eigenvalue weighted by Crippen LogP contribution is 2.47. The van der Waals surface area contributed by atoms with Gasteiger partial charge in [0.05, 0.1) is 18.0 Å². The lowest BCUT2D eigenvalue weighted by molar-refractivity contribution is 0.498. The highest BCUT2D eigenvalue weighted by molar-refractivity contribution is 7.90. The lowest BCUT2D eigenvalue weighted by atomic mass is 10.0. The van der Waals surface area contributed by atoms with Crippen LogP contribution in [0.25, 0.3) is 0 Å². The van der Waals surface area contributed by atoms with Gasteiger partial charge in [-0.2, -0.15) is 5.26 Å². The van der Waals surface area contributed by atoms with Crippen molar-refractivity contribution in [3.8, 4) is 6.07 Å². The minimum Gasteiger partial charge on any atom is -0.598 e. The molecule has 0 spiro atoms. The topological polar surface area (TPSA) is 58.9 Å². The molecule has 0 saturated heterocycles. The maximum atomic E-state index is 12.3. The maximum Gasteiger partial charge on any atom is 0.136 e. The normalized spacial score (nSPS) is 25.4. The highest BCUT2D eigenvalue weighted by atomic mass is 32.2. The molecule has 1 fully saturated rings. The Kier molecular flexibility index (Phi) is 4.19. The first kappa shape index (κ1) is 14.4. The number of hydrogen-bond donors (Lipinski definition) is 1. The first-order valence-corrected chi connectivity index (χ1v) is 7.71. The van der Waals surface area contributed by atoms with Crippen LogP contribution in [0, 0.1) is 23.2 Å². The molecule has 3 nitrogen and oxygen atoms in total. The molecule has 0 aliphatic heterocycles. The number of hydrogen-bond acceptors (Lipinski definition) is 3. The van der Waals surface area contributed by atoms with Crippen molar-refractivity contribution in [3.63, 3.8) is 0 Å². The summed E-state index contributed by atoms with van der Waals surface area (Å²) in [5.74, 6) is 0.369. The third-order valence-electron chi connectivity index (χ3n) is 3.38. The summed E-state index contributed by atoms with van der Waals surface area (Å²) in [5, 5.41) is 9.01. The fraction of sp³-hybridized carbons (Fsp3) is 0.533. The zero-order valence-electron chi connectivity index (χ0n) is 11.6. The van der Waals surface area contributed by atoms with Crippen LogP contribution in [-0.4, -0.2) is 9.30 Å². The fourth-order valence-electron chi connectivity index (χ4n) is 2.09. The van der Waals surface area contributed by atoms with Gasteiger partial charge in [0.25, 0.3) is 0 Å². The van der Waals surface area contributed by atoms with Gasteiger partial charge >= 0.3 is 0 Å². The summed E-state index contributed by atoms with van der Waals surface area (Å²) in [7, 11) is 0. The molecule has 1 aromatic carbocycles. The van der Waals surface area contributed by atoms with E-state index in [-0.39, 0.29) is 22.6 Å². The van der Waals surface area contributed by atoms with Crippen molar-refractivity contribution in [2.75, 3.05) is 0 Å². The van der Waals surface area contributed by atoms with Gasteiger partial charge in [-0.15, -0.1) is 4.72 Å². The molecule has 102 valence electrons. The second kappa shape index (κ2) is 5.54. The Morgan fingerprint density at radius 2 is 2.00 bits per heavy atom. The van der Waals surface area contributed by atoms with Gasteiger partial charge in [0, 0.05) is 11.4 Å². The summed E-state index contributed by atoms with van der Waals surface area (Å²) >= 11 is -1.12. The van der Waals surface area contributed by atoms with Gasteiger partial charge in [-0.1, -0.05) is 30.3 Å². The molecular formula is C15H20N2OS. The van der Waals surface area contributed by atoms with E-state index in [1.807, 2.05) is 51.1 Å². The van der Waals surface area contributed by atoms with Gasteiger partial charge in [-0.25, -0.2) is 0 Å². The Hall–Kier alpha value is -1.02. The fourth-order valence-corrected chi connectivity index (χ4v) is 2.98. The summed E-state index contributed by atoms with van der Waals surface area (Å²) in [4.78, 5) is 0. The first-order valence-electron chi connectivity index (χ1n) is 6.56. The highest BCUT2D eigenvalue weighted by Gasteiger charge is 2.46. The standard InChI is InChI=1S/C15H20N2OS/c1-15(2,3)19(18)17-14(13-9-12(13)10-16)11-7-5-4-6-8-11/h4-8,12-14,17H,9H2,1-3H3/t12-,13+,14+,19?/m0/s1. The molecule has 1 saturated carbocycles. The Bertz CT molecular complexity index is 463. The van der Waals surface area contributed by atoms with Crippen LogP contribution in [0.3, 0.4) is 0 Å². The first-order chi connectivity index (χ1) is 8.93. The van der Waals surface area contributed by atoms with E-state index in [2.05, 4.69) is 10.8 Å². The van der Waals surface area contributed by atoms with Crippen LogP contribution in [-0.2, 0) is 11.4 Å². The summed E-state index contributed by atoms with van der Waals surface area (Å²) in [6, 6.07) is 12.3. The molecule has 2 rings (SSSR count). The summed E-state index contributed by atoms with van der Waals surface area (Å²) in [5.41, 5.74) is 1.11. The maximum absolute atomic E-state index is 12.3. The van der Waals surface area contributed by atoms with Crippen LogP contribution in [0.2, 0.25) is 0 Å². The average molecular weight is 276 g/mol. The van der Waals surface area contributed by atoms with Crippen LogP contribution >= 0.6 is 0 Å². The summed E-state index contributed by atoms with van der Waals surface area (Å²) in [6.07, 6.45) is 0.893. The summed E-state index contributed by atoms with van der Waals surface area (Å²) in [6.45, 7) is 5.85. The summed E-state index contributed by atoms with van der Waals surface area (Å²) < 4.78 is 15.2. The smallest absolute Gasteiger partial charge is 0.136 e. The van der Waals surface area contributed by atoms with Crippen molar-refractivity contribution >= 4 is 11.4 Å².